The standard InChI is InChI=1S/C22H22BrNO2.C22H23NO2/c1-25-21-13-18-9-10-24(23)20(19(18)14-22(21)26-2)12-15-7-8-16-5-3-4-6-17(16)11-15;1-24-21-13-18-9-10-23-20(19(18)14-22(21)25-2)12-15-7-8-16-5-3-4-6-17(16)11-15/h3-8,11,13-14,20H,9-10,12H2,1-2H3;3-8,11,13-14,20,23H,9-10,12H2,1-2H3/t2*20-/m11/s1. The van der Waals surface area contributed by atoms with Crippen LogP contribution in [-0.4, -0.2) is 45.5 Å². The maximum Gasteiger partial charge on any atom is 0.161 e. The predicted molar refractivity (Wildman–Crippen MR) is 211 cm³/mol. The van der Waals surface area contributed by atoms with Gasteiger partial charge in [0.05, 0.1) is 28.4 Å². The fourth-order valence-corrected chi connectivity index (χ4v) is 8.09. The van der Waals surface area contributed by atoms with Gasteiger partial charge in [-0.05, 0) is 111 Å². The quantitative estimate of drug-likeness (QED) is 0.157. The molecule has 7 heteroatoms. The molecule has 0 spiro atoms. The summed E-state index contributed by atoms with van der Waals surface area (Å²) >= 11 is 3.78. The Morgan fingerprint density at radius 1 is 0.569 bits per heavy atom. The molecule has 0 saturated heterocycles. The first-order chi connectivity index (χ1) is 25.0. The molecular formula is C44H45BrN2O4. The van der Waals surface area contributed by atoms with Gasteiger partial charge in [0, 0.05) is 34.8 Å². The first-order valence-electron chi connectivity index (χ1n) is 17.6. The van der Waals surface area contributed by atoms with Crippen molar-refractivity contribution in [1.82, 2.24) is 9.24 Å². The van der Waals surface area contributed by atoms with Crippen LogP contribution in [0.3, 0.4) is 0 Å². The number of hydrogen-bond acceptors (Lipinski definition) is 6. The molecule has 0 aromatic heterocycles. The summed E-state index contributed by atoms with van der Waals surface area (Å²) in [5.41, 5.74) is 7.99. The van der Waals surface area contributed by atoms with E-state index < -0.39 is 0 Å². The molecule has 6 nitrogen and oxygen atoms in total. The summed E-state index contributed by atoms with van der Waals surface area (Å²) in [5, 5.41) is 8.81. The lowest BCUT2D eigenvalue weighted by molar-refractivity contribution is 0.334. The Kier molecular flexibility index (Phi) is 10.8. The van der Waals surface area contributed by atoms with E-state index in [1.54, 1.807) is 28.4 Å². The topological polar surface area (TPSA) is 52.2 Å². The van der Waals surface area contributed by atoms with Crippen LogP contribution >= 0.6 is 16.1 Å². The highest BCUT2D eigenvalue weighted by atomic mass is 79.9. The van der Waals surface area contributed by atoms with Gasteiger partial charge in [-0.15, -0.1) is 0 Å². The minimum absolute atomic E-state index is 0.264. The molecule has 51 heavy (non-hydrogen) atoms. The number of benzene rings is 6. The van der Waals surface area contributed by atoms with Gasteiger partial charge in [0.2, 0.25) is 0 Å². The van der Waals surface area contributed by atoms with E-state index in [4.69, 9.17) is 18.9 Å². The molecule has 2 aliphatic rings. The maximum absolute atomic E-state index is 5.53. The maximum atomic E-state index is 5.53. The number of ether oxygens (including phenoxy) is 4. The number of nitrogens with zero attached hydrogens (tertiary/aromatic N) is 1. The number of nitrogens with one attached hydrogen (secondary N) is 1. The summed E-state index contributed by atoms with van der Waals surface area (Å²) in [6.45, 7) is 1.96. The van der Waals surface area contributed by atoms with Crippen LogP contribution in [-0.2, 0) is 25.7 Å². The Balaban J connectivity index is 0.000000159. The van der Waals surface area contributed by atoms with Crippen LogP contribution in [0, 0.1) is 0 Å². The molecule has 1 N–H and O–H groups in total. The zero-order valence-electron chi connectivity index (χ0n) is 29.7. The molecule has 6 aromatic carbocycles. The zero-order valence-corrected chi connectivity index (χ0v) is 31.3. The van der Waals surface area contributed by atoms with E-state index in [2.05, 4.69) is 135 Å². The van der Waals surface area contributed by atoms with Gasteiger partial charge >= 0.3 is 0 Å². The summed E-state index contributed by atoms with van der Waals surface area (Å²) in [6.07, 6.45) is 3.92. The largest absolute Gasteiger partial charge is 0.493 e. The van der Waals surface area contributed by atoms with Gasteiger partial charge in [-0.3, -0.25) is 0 Å². The molecule has 262 valence electrons. The molecule has 6 aromatic rings. The first-order valence-corrected chi connectivity index (χ1v) is 18.3. The molecule has 2 atom stereocenters. The molecule has 0 aliphatic carbocycles. The predicted octanol–water partition coefficient (Wildman–Crippen LogP) is 9.60. The number of hydrogen-bond donors (Lipinski definition) is 1. The minimum atomic E-state index is 0.264. The second kappa shape index (κ2) is 15.8. The molecule has 0 bridgehead atoms. The third-order valence-corrected chi connectivity index (χ3v) is 11.1. The highest BCUT2D eigenvalue weighted by molar-refractivity contribution is 9.07. The molecule has 2 aliphatic heterocycles. The van der Waals surface area contributed by atoms with E-state index in [9.17, 15) is 0 Å². The highest BCUT2D eigenvalue weighted by Gasteiger charge is 2.28. The fraction of sp³-hybridized carbons (Fsp3) is 0.273. The number of methoxy groups -OCH3 is 4. The van der Waals surface area contributed by atoms with E-state index in [0.29, 0.717) is 6.04 Å². The molecule has 0 amide bonds. The van der Waals surface area contributed by atoms with Crippen molar-refractivity contribution in [1.29, 1.82) is 0 Å². The Hall–Kier alpha value is -4.56. The summed E-state index contributed by atoms with van der Waals surface area (Å²) < 4.78 is 24.2. The smallest absolute Gasteiger partial charge is 0.161 e. The van der Waals surface area contributed by atoms with Crippen molar-refractivity contribution in [2.75, 3.05) is 41.5 Å². The third-order valence-electron chi connectivity index (χ3n) is 10.2. The van der Waals surface area contributed by atoms with Gasteiger partial charge in [0.1, 0.15) is 0 Å². The minimum Gasteiger partial charge on any atom is -0.493 e. The Bertz CT molecular complexity index is 2150. The zero-order chi connectivity index (χ0) is 35.3. The van der Waals surface area contributed by atoms with Crippen molar-refractivity contribution < 1.29 is 18.9 Å². The second-order valence-electron chi connectivity index (χ2n) is 13.2. The van der Waals surface area contributed by atoms with Crippen molar-refractivity contribution >= 4 is 37.7 Å². The van der Waals surface area contributed by atoms with Gasteiger partial charge in [-0.25, -0.2) is 3.93 Å². The van der Waals surface area contributed by atoms with Crippen LogP contribution < -0.4 is 24.3 Å². The SMILES string of the molecule is COc1cc2c(cc1OC)[C@@H](Cc1ccc3ccccc3c1)N(Br)CC2.COc1cc2c(cc1OC)[C@@H](Cc1ccc3ccccc3c1)NCC2. The second-order valence-corrected chi connectivity index (χ2v) is 14.1. The molecule has 0 radical (unpaired) electrons. The van der Waals surface area contributed by atoms with Crippen molar-refractivity contribution in [3.05, 3.63) is 143 Å². The van der Waals surface area contributed by atoms with E-state index in [1.807, 2.05) is 0 Å². The molecule has 2 heterocycles. The van der Waals surface area contributed by atoms with Crippen LogP contribution in [0.25, 0.3) is 21.5 Å². The Labute approximate surface area is 309 Å². The molecule has 0 unspecified atom stereocenters. The summed E-state index contributed by atoms with van der Waals surface area (Å²) in [7, 11) is 6.77. The van der Waals surface area contributed by atoms with E-state index in [0.717, 1.165) is 61.8 Å². The lowest BCUT2D eigenvalue weighted by atomic mass is 9.89. The average Bonchev–Trinajstić information content (AvgIpc) is 3.18. The monoisotopic (exact) mass is 744 g/mol. The van der Waals surface area contributed by atoms with Crippen LogP contribution in [0.4, 0.5) is 0 Å². The third kappa shape index (κ3) is 7.57. The van der Waals surface area contributed by atoms with Gasteiger partial charge in [0.15, 0.2) is 23.0 Å². The van der Waals surface area contributed by atoms with Crippen molar-refractivity contribution in [3.63, 3.8) is 0 Å². The molecule has 8 rings (SSSR count). The van der Waals surface area contributed by atoms with E-state index in [1.165, 1.54) is 54.9 Å². The average molecular weight is 746 g/mol. The van der Waals surface area contributed by atoms with E-state index in [-0.39, 0.29) is 6.04 Å². The number of rotatable bonds is 8. The first kappa shape index (κ1) is 34.9. The summed E-state index contributed by atoms with van der Waals surface area (Å²) in [4.78, 5) is 0. The molecular weight excluding hydrogens is 700 g/mol. The lowest BCUT2D eigenvalue weighted by Crippen LogP contribution is -2.31. The molecule has 0 saturated carbocycles. The molecule has 0 fully saturated rings. The van der Waals surface area contributed by atoms with E-state index >= 15 is 0 Å². The lowest BCUT2D eigenvalue weighted by Gasteiger charge is -2.33. The fourth-order valence-electron chi connectivity index (χ4n) is 7.55. The van der Waals surface area contributed by atoms with Crippen molar-refractivity contribution in [3.8, 4) is 23.0 Å². The van der Waals surface area contributed by atoms with Crippen LogP contribution in [0.1, 0.15) is 45.5 Å². The Morgan fingerprint density at radius 2 is 1.06 bits per heavy atom. The van der Waals surface area contributed by atoms with Crippen molar-refractivity contribution in [2.24, 2.45) is 0 Å². The van der Waals surface area contributed by atoms with Crippen LogP contribution in [0.2, 0.25) is 0 Å². The summed E-state index contributed by atoms with van der Waals surface area (Å²) in [5.74, 6) is 3.21. The van der Waals surface area contributed by atoms with Crippen LogP contribution in [0.5, 0.6) is 23.0 Å². The van der Waals surface area contributed by atoms with Gasteiger partial charge < -0.3 is 24.3 Å². The number of halogens is 1. The van der Waals surface area contributed by atoms with Gasteiger partial charge in [0.25, 0.3) is 0 Å². The Morgan fingerprint density at radius 3 is 1.63 bits per heavy atom. The number of fused-ring (bicyclic) bond motifs is 4. The highest BCUT2D eigenvalue weighted by Crippen LogP contribution is 2.41. The van der Waals surface area contributed by atoms with Gasteiger partial charge in [-0.1, -0.05) is 84.9 Å². The van der Waals surface area contributed by atoms with Crippen LogP contribution in [0.15, 0.2) is 109 Å². The van der Waals surface area contributed by atoms with Crippen molar-refractivity contribution in [2.45, 2.75) is 37.8 Å². The normalized spacial score (nSPS) is 16.8. The van der Waals surface area contributed by atoms with Gasteiger partial charge in [-0.2, -0.15) is 0 Å². The summed E-state index contributed by atoms with van der Waals surface area (Å²) in [6, 6.07) is 39.6.